The normalized spacial score (nSPS) is 10.8. The highest BCUT2D eigenvalue weighted by molar-refractivity contribution is 9.10. The van der Waals surface area contributed by atoms with Crippen LogP contribution in [0.25, 0.3) is 0 Å². The third-order valence-electron chi connectivity index (χ3n) is 3.06. The molecule has 1 nitrogen and oxygen atoms in total. The molecule has 2 rings (SSSR count). The van der Waals surface area contributed by atoms with Gasteiger partial charge in [-0.25, -0.2) is 4.39 Å². The van der Waals surface area contributed by atoms with Crippen LogP contribution in [0.1, 0.15) is 30.9 Å². The molecule has 2 aromatic rings. The molecule has 0 unspecified atom stereocenters. The Balaban J connectivity index is 2.17. The van der Waals surface area contributed by atoms with Crippen molar-refractivity contribution in [1.82, 2.24) is 0 Å². The molecule has 100 valence electrons. The van der Waals surface area contributed by atoms with Gasteiger partial charge >= 0.3 is 0 Å². The smallest absolute Gasteiger partial charge is 0.123 e. The van der Waals surface area contributed by atoms with E-state index in [4.69, 9.17) is 0 Å². The highest BCUT2D eigenvalue weighted by Crippen LogP contribution is 2.25. The van der Waals surface area contributed by atoms with Crippen molar-refractivity contribution in [3.63, 3.8) is 0 Å². The molecule has 2 aromatic carbocycles. The Hall–Kier alpha value is -1.35. The molecular weight excluding hydrogens is 305 g/mol. The van der Waals surface area contributed by atoms with Crippen LogP contribution in [0, 0.1) is 5.82 Å². The lowest BCUT2D eigenvalue weighted by Gasteiger charge is -2.15. The number of anilines is 1. The van der Waals surface area contributed by atoms with Crippen molar-refractivity contribution in [3.05, 3.63) is 63.9 Å². The first kappa shape index (κ1) is 14.1. The van der Waals surface area contributed by atoms with Gasteiger partial charge in [-0.1, -0.05) is 48.0 Å². The number of rotatable bonds is 4. The van der Waals surface area contributed by atoms with Gasteiger partial charge in [0.15, 0.2) is 0 Å². The van der Waals surface area contributed by atoms with Gasteiger partial charge in [0.05, 0.1) is 0 Å². The van der Waals surface area contributed by atoms with Gasteiger partial charge in [-0.15, -0.1) is 0 Å². The monoisotopic (exact) mass is 321 g/mol. The maximum absolute atomic E-state index is 13.2. The van der Waals surface area contributed by atoms with Crippen LogP contribution in [-0.4, -0.2) is 0 Å². The fourth-order valence-electron chi connectivity index (χ4n) is 2.03. The van der Waals surface area contributed by atoms with E-state index in [1.807, 2.05) is 12.1 Å². The highest BCUT2D eigenvalue weighted by Gasteiger charge is 2.07. The number of para-hydroxylation sites is 1. The molecule has 0 heterocycles. The van der Waals surface area contributed by atoms with Crippen molar-refractivity contribution in [3.8, 4) is 0 Å². The highest BCUT2D eigenvalue weighted by atomic mass is 79.9. The maximum atomic E-state index is 13.2. The predicted octanol–water partition coefficient (Wildman–Crippen LogP) is 5.32. The van der Waals surface area contributed by atoms with Crippen LogP contribution >= 0.6 is 15.9 Å². The molecule has 0 aliphatic carbocycles. The van der Waals surface area contributed by atoms with E-state index < -0.39 is 0 Å². The van der Waals surface area contributed by atoms with Crippen LogP contribution in [0.5, 0.6) is 0 Å². The van der Waals surface area contributed by atoms with Crippen molar-refractivity contribution in [2.75, 3.05) is 5.32 Å². The Morgan fingerprint density at radius 3 is 2.63 bits per heavy atom. The van der Waals surface area contributed by atoms with E-state index in [0.29, 0.717) is 12.5 Å². The Bertz CT molecular complexity index is 566. The molecule has 0 aromatic heterocycles. The Kier molecular flexibility index (Phi) is 4.59. The summed E-state index contributed by atoms with van der Waals surface area (Å²) in [7, 11) is 0. The first-order valence-corrected chi connectivity index (χ1v) is 7.14. The SMILES string of the molecule is CC(C)c1ccccc1NCc1cc(F)ccc1Br. The lowest BCUT2D eigenvalue weighted by molar-refractivity contribution is 0.625. The molecular formula is C16H17BrFN. The Morgan fingerprint density at radius 2 is 1.89 bits per heavy atom. The quantitative estimate of drug-likeness (QED) is 0.803. The van der Waals surface area contributed by atoms with E-state index in [1.54, 1.807) is 12.1 Å². The zero-order valence-electron chi connectivity index (χ0n) is 11.1. The third kappa shape index (κ3) is 3.57. The van der Waals surface area contributed by atoms with Gasteiger partial charge < -0.3 is 5.32 Å². The molecule has 0 bridgehead atoms. The van der Waals surface area contributed by atoms with Gasteiger partial charge in [0.25, 0.3) is 0 Å². The summed E-state index contributed by atoms with van der Waals surface area (Å²) in [5.41, 5.74) is 3.29. The molecule has 0 atom stereocenters. The van der Waals surface area contributed by atoms with E-state index in [9.17, 15) is 4.39 Å². The molecule has 19 heavy (non-hydrogen) atoms. The molecule has 0 aliphatic rings. The minimum Gasteiger partial charge on any atom is -0.381 e. The van der Waals surface area contributed by atoms with Crippen LogP contribution in [-0.2, 0) is 6.54 Å². The number of benzene rings is 2. The minimum absolute atomic E-state index is 0.211. The van der Waals surface area contributed by atoms with Gasteiger partial charge in [0.2, 0.25) is 0 Å². The second-order valence-electron chi connectivity index (χ2n) is 4.83. The summed E-state index contributed by atoms with van der Waals surface area (Å²) < 4.78 is 14.2. The average Bonchev–Trinajstić information content (AvgIpc) is 2.40. The van der Waals surface area contributed by atoms with Crippen molar-refractivity contribution < 1.29 is 4.39 Å². The summed E-state index contributed by atoms with van der Waals surface area (Å²) in [5, 5.41) is 3.38. The average molecular weight is 322 g/mol. The van der Waals surface area contributed by atoms with E-state index in [2.05, 4.69) is 47.2 Å². The number of halogens is 2. The van der Waals surface area contributed by atoms with Crippen LogP contribution in [0.3, 0.4) is 0 Å². The maximum Gasteiger partial charge on any atom is 0.123 e. The lowest BCUT2D eigenvalue weighted by Crippen LogP contribution is -2.04. The van der Waals surface area contributed by atoms with Crippen LogP contribution in [0.4, 0.5) is 10.1 Å². The fourth-order valence-corrected chi connectivity index (χ4v) is 2.42. The largest absolute Gasteiger partial charge is 0.381 e. The zero-order valence-corrected chi connectivity index (χ0v) is 12.7. The third-order valence-corrected chi connectivity index (χ3v) is 3.83. The second-order valence-corrected chi connectivity index (χ2v) is 5.69. The second kappa shape index (κ2) is 6.20. The number of nitrogens with one attached hydrogen (secondary N) is 1. The molecule has 0 saturated heterocycles. The Morgan fingerprint density at radius 1 is 1.16 bits per heavy atom. The first-order valence-electron chi connectivity index (χ1n) is 6.34. The van der Waals surface area contributed by atoms with Crippen molar-refractivity contribution >= 4 is 21.6 Å². The lowest BCUT2D eigenvalue weighted by atomic mass is 10.0. The zero-order chi connectivity index (χ0) is 13.8. The van der Waals surface area contributed by atoms with Gasteiger partial charge in [0, 0.05) is 16.7 Å². The molecule has 1 N–H and O–H groups in total. The van der Waals surface area contributed by atoms with Crippen LogP contribution in [0.2, 0.25) is 0 Å². The fraction of sp³-hybridized carbons (Fsp3) is 0.250. The van der Waals surface area contributed by atoms with Crippen LogP contribution in [0.15, 0.2) is 46.9 Å². The summed E-state index contributed by atoms with van der Waals surface area (Å²) in [6.07, 6.45) is 0. The summed E-state index contributed by atoms with van der Waals surface area (Å²) in [4.78, 5) is 0. The van der Waals surface area contributed by atoms with Crippen LogP contribution < -0.4 is 5.32 Å². The minimum atomic E-state index is -0.211. The molecule has 0 spiro atoms. The predicted molar refractivity (Wildman–Crippen MR) is 82.0 cm³/mol. The molecule has 0 saturated carbocycles. The molecule has 0 amide bonds. The number of hydrogen-bond donors (Lipinski definition) is 1. The van der Waals surface area contributed by atoms with E-state index in [1.165, 1.54) is 11.6 Å². The van der Waals surface area contributed by atoms with Gasteiger partial charge in [-0.2, -0.15) is 0 Å². The molecule has 0 aliphatic heterocycles. The van der Waals surface area contributed by atoms with E-state index >= 15 is 0 Å². The van der Waals surface area contributed by atoms with Crippen molar-refractivity contribution in [2.45, 2.75) is 26.3 Å². The molecule has 0 fully saturated rings. The van der Waals surface area contributed by atoms with Gasteiger partial charge in [-0.3, -0.25) is 0 Å². The van der Waals surface area contributed by atoms with Gasteiger partial charge in [0.1, 0.15) is 5.82 Å². The topological polar surface area (TPSA) is 12.0 Å². The summed E-state index contributed by atoms with van der Waals surface area (Å²) in [5.74, 6) is 0.247. The van der Waals surface area contributed by atoms with Crippen molar-refractivity contribution in [2.24, 2.45) is 0 Å². The van der Waals surface area contributed by atoms with E-state index in [-0.39, 0.29) is 5.82 Å². The molecule has 3 heteroatoms. The Labute approximate surface area is 122 Å². The summed E-state index contributed by atoms with van der Waals surface area (Å²) >= 11 is 3.44. The van der Waals surface area contributed by atoms with Gasteiger partial charge in [-0.05, 0) is 41.3 Å². The summed E-state index contributed by atoms with van der Waals surface area (Å²) in [6.45, 7) is 4.93. The van der Waals surface area contributed by atoms with Crippen molar-refractivity contribution in [1.29, 1.82) is 0 Å². The van der Waals surface area contributed by atoms with E-state index in [0.717, 1.165) is 15.7 Å². The standard InChI is InChI=1S/C16H17BrFN/c1-11(2)14-5-3-4-6-16(14)19-10-12-9-13(18)7-8-15(12)17/h3-9,11,19H,10H2,1-2H3. The first-order chi connectivity index (χ1) is 9.08. The molecule has 0 radical (unpaired) electrons. The number of hydrogen-bond acceptors (Lipinski definition) is 1. The summed E-state index contributed by atoms with van der Waals surface area (Å²) in [6, 6.07) is 13.0.